The zero-order valence-corrected chi connectivity index (χ0v) is 15.0. The number of amides is 1. The molecule has 1 aliphatic heterocycles. The summed E-state index contributed by atoms with van der Waals surface area (Å²) in [5.41, 5.74) is 0. The van der Waals surface area contributed by atoms with Crippen molar-refractivity contribution in [2.45, 2.75) is 31.2 Å². The molecule has 0 aliphatic carbocycles. The van der Waals surface area contributed by atoms with Gasteiger partial charge in [0, 0.05) is 4.90 Å². The molecule has 0 aromatic heterocycles. The largest absolute Gasteiger partial charge is 0.486 e. The molecule has 1 N–H and O–H groups in total. The SMILES string of the molecule is COC(=O)[C@@H](CC(C)C)NC(=O)CSc1ccc2c(c1)OCCO2. The third kappa shape index (κ3) is 5.33. The van der Waals surface area contributed by atoms with Crippen LogP contribution in [0.25, 0.3) is 0 Å². The Kier molecular flexibility index (Phi) is 6.78. The predicted octanol–water partition coefficient (Wildman–Crippen LogP) is 2.25. The Morgan fingerprint density at radius 2 is 1.96 bits per heavy atom. The van der Waals surface area contributed by atoms with Gasteiger partial charge >= 0.3 is 5.97 Å². The van der Waals surface area contributed by atoms with Crippen LogP contribution in [0.1, 0.15) is 20.3 Å². The maximum atomic E-state index is 12.1. The van der Waals surface area contributed by atoms with E-state index in [2.05, 4.69) is 5.32 Å². The normalized spacial score (nSPS) is 14.2. The van der Waals surface area contributed by atoms with Crippen LogP contribution in [0.5, 0.6) is 11.5 Å². The van der Waals surface area contributed by atoms with Gasteiger partial charge in [0.2, 0.25) is 5.91 Å². The molecule has 6 nitrogen and oxygen atoms in total. The number of thioether (sulfide) groups is 1. The second-order valence-electron chi connectivity index (χ2n) is 5.87. The number of carbonyl (C=O) groups is 2. The number of fused-ring (bicyclic) bond motifs is 1. The fourth-order valence-corrected chi connectivity index (χ4v) is 3.06. The molecule has 1 aromatic rings. The molecule has 1 aromatic carbocycles. The van der Waals surface area contributed by atoms with E-state index in [9.17, 15) is 9.59 Å². The Bertz CT molecular complexity index is 590. The molecule has 1 heterocycles. The Balaban J connectivity index is 1.88. The standard InChI is InChI=1S/C17H23NO5S/c1-11(2)8-13(17(20)21-3)18-16(19)10-24-12-4-5-14-15(9-12)23-7-6-22-14/h4-5,9,11,13H,6-8,10H2,1-3H3,(H,18,19)/t13-/m1/s1. The van der Waals surface area contributed by atoms with Crippen molar-refractivity contribution >= 4 is 23.6 Å². The topological polar surface area (TPSA) is 73.9 Å². The second-order valence-corrected chi connectivity index (χ2v) is 6.92. The van der Waals surface area contributed by atoms with Crippen molar-refractivity contribution in [1.29, 1.82) is 0 Å². The summed E-state index contributed by atoms with van der Waals surface area (Å²) in [6.45, 7) is 5.06. The molecule has 1 amide bonds. The summed E-state index contributed by atoms with van der Waals surface area (Å²) in [7, 11) is 1.33. The Morgan fingerprint density at radius 1 is 1.25 bits per heavy atom. The minimum Gasteiger partial charge on any atom is -0.486 e. The van der Waals surface area contributed by atoms with E-state index in [1.54, 1.807) is 0 Å². The highest BCUT2D eigenvalue weighted by atomic mass is 32.2. The monoisotopic (exact) mass is 353 g/mol. The lowest BCUT2D eigenvalue weighted by atomic mass is 10.0. The number of esters is 1. The maximum absolute atomic E-state index is 12.1. The van der Waals surface area contributed by atoms with Crippen LogP contribution in [0.2, 0.25) is 0 Å². The number of nitrogens with one attached hydrogen (secondary N) is 1. The number of methoxy groups -OCH3 is 1. The number of hydrogen-bond acceptors (Lipinski definition) is 6. The molecule has 0 saturated carbocycles. The van der Waals surface area contributed by atoms with Gasteiger partial charge < -0.3 is 19.5 Å². The Labute approximate surface area is 146 Å². The summed E-state index contributed by atoms with van der Waals surface area (Å²) >= 11 is 1.38. The summed E-state index contributed by atoms with van der Waals surface area (Å²) in [6.07, 6.45) is 0.549. The first kappa shape index (κ1) is 18.4. The van der Waals surface area contributed by atoms with E-state index in [-0.39, 0.29) is 17.6 Å². The van der Waals surface area contributed by atoms with E-state index in [0.717, 1.165) is 10.6 Å². The van der Waals surface area contributed by atoms with E-state index in [0.29, 0.717) is 25.4 Å². The van der Waals surface area contributed by atoms with Gasteiger partial charge in [0.15, 0.2) is 11.5 Å². The van der Waals surface area contributed by atoms with Crippen LogP contribution in [0.4, 0.5) is 0 Å². The molecule has 0 bridgehead atoms. The highest BCUT2D eigenvalue weighted by Gasteiger charge is 2.22. The quantitative estimate of drug-likeness (QED) is 0.599. The Morgan fingerprint density at radius 3 is 2.62 bits per heavy atom. The van der Waals surface area contributed by atoms with E-state index < -0.39 is 12.0 Å². The van der Waals surface area contributed by atoms with Crippen molar-refractivity contribution in [1.82, 2.24) is 5.32 Å². The molecule has 0 fully saturated rings. The molecule has 0 spiro atoms. The molecule has 1 atom stereocenters. The van der Waals surface area contributed by atoms with Crippen molar-refractivity contribution < 1.29 is 23.8 Å². The van der Waals surface area contributed by atoms with Crippen LogP contribution in [0.3, 0.4) is 0 Å². The van der Waals surface area contributed by atoms with E-state index in [4.69, 9.17) is 14.2 Å². The highest BCUT2D eigenvalue weighted by Crippen LogP contribution is 2.34. The molecule has 0 saturated heterocycles. The lowest BCUT2D eigenvalue weighted by Gasteiger charge is -2.19. The van der Waals surface area contributed by atoms with Gasteiger partial charge in [-0.25, -0.2) is 4.79 Å². The first-order valence-corrected chi connectivity index (χ1v) is 8.87. The smallest absolute Gasteiger partial charge is 0.328 e. The van der Waals surface area contributed by atoms with Crippen LogP contribution < -0.4 is 14.8 Å². The van der Waals surface area contributed by atoms with Gasteiger partial charge in [-0.05, 0) is 30.5 Å². The zero-order valence-electron chi connectivity index (χ0n) is 14.2. The summed E-state index contributed by atoms with van der Waals surface area (Å²) in [5, 5.41) is 2.74. The molecule has 2 rings (SSSR count). The maximum Gasteiger partial charge on any atom is 0.328 e. The lowest BCUT2D eigenvalue weighted by molar-refractivity contribution is -0.145. The van der Waals surface area contributed by atoms with Crippen molar-refractivity contribution in [3.8, 4) is 11.5 Å². The number of hydrogen-bond donors (Lipinski definition) is 1. The van der Waals surface area contributed by atoms with Gasteiger partial charge in [-0.3, -0.25) is 4.79 Å². The van der Waals surface area contributed by atoms with Gasteiger partial charge in [0.25, 0.3) is 0 Å². The summed E-state index contributed by atoms with van der Waals surface area (Å²) in [4.78, 5) is 24.8. The van der Waals surface area contributed by atoms with Crippen LogP contribution in [-0.2, 0) is 14.3 Å². The fraction of sp³-hybridized carbons (Fsp3) is 0.529. The van der Waals surface area contributed by atoms with Gasteiger partial charge in [-0.2, -0.15) is 0 Å². The average Bonchev–Trinajstić information content (AvgIpc) is 2.58. The minimum absolute atomic E-state index is 0.203. The fourth-order valence-electron chi connectivity index (χ4n) is 2.33. The number of rotatable bonds is 7. The van der Waals surface area contributed by atoms with Gasteiger partial charge in [0.05, 0.1) is 12.9 Å². The molecular weight excluding hydrogens is 330 g/mol. The first-order valence-electron chi connectivity index (χ1n) is 7.89. The first-order chi connectivity index (χ1) is 11.5. The molecule has 132 valence electrons. The summed E-state index contributed by atoms with van der Waals surface area (Å²) in [6, 6.07) is 4.98. The van der Waals surface area contributed by atoms with Gasteiger partial charge in [-0.15, -0.1) is 11.8 Å². The third-order valence-electron chi connectivity index (χ3n) is 3.41. The molecule has 1 aliphatic rings. The van der Waals surface area contributed by atoms with Gasteiger partial charge in [0.1, 0.15) is 19.3 Å². The van der Waals surface area contributed by atoms with E-state index in [1.165, 1.54) is 18.9 Å². The summed E-state index contributed by atoms with van der Waals surface area (Å²) < 4.78 is 15.7. The van der Waals surface area contributed by atoms with Crippen LogP contribution in [-0.4, -0.2) is 44.0 Å². The molecular formula is C17H23NO5S. The highest BCUT2D eigenvalue weighted by molar-refractivity contribution is 8.00. The molecule has 0 radical (unpaired) electrons. The van der Waals surface area contributed by atoms with Crippen molar-refractivity contribution in [3.05, 3.63) is 18.2 Å². The van der Waals surface area contributed by atoms with E-state index in [1.807, 2.05) is 32.0 Å². The van der Waals surface area contributed by atoms with Crippen LogP contribution in [0.15, 0.2) is 23.1 Å². The number of carbonyl (C=O) groups excluding carboxylic acids is 2. The molecule has 24 heavy (non-hydrogen) atoms. The Hall–Kier alpha value is -1.89. The third-order valence-corrected chi connectivity index (χ3v) is 4.41. The number of benzene rings is 1. The van der Waals surface area contributed by atoms with E-state index >= 15 is 0 Å². The summed E-state index contributed by atoms with van der Waals surface area (Å²) in [5.74, 6) is 1.29. The predicted molar refractivity (Wildman–Crippen MR) is 91.6 cm³/mol. The lowest BCUT2D eigenvalue weighted by Crippen LogP contribution is -2.43. The average molecular weight is 353 g/mol. The van der Waals surface area contributed by atoms with Crippen LogP contribution in [0, 0.1) is 5.92 Å². The van der Waals surface area contributed by atoms with Crippen molar-refractivity contribution in [3.63, 3.8) is 0 Å². The van der Waals surface area contributed by atoms with Gasteiger partial charge in [-0.1, -0.05) is 13.8 Å². The number of ether oxygens (including phenoxy) is 3. The molecule has 0 unspecified atom stereocenters. The zero-order chi connectivity index (χ0) is 17.5. The minimum atomic E-state index is -0.608. The second kappa shape index (κ2) is 8.82. The van der Waals surface area contributed by atoms with Crippen molar-refractivity contribution in [2.75, 3.05) is 26.1 Å². The van der Waals surface area contributed by atoms with Crippen molar-refractivity contribution in [2.24, 2.45) is 5.92 Å². The molecule has 7 heteroatoms. The van der Waals surface area contributed by atoms with Crippen LogP contribution >= 0.6 is 11.8 Å².